The van der Waals surface area contributed by atoms with E-state index in [9.17, 15) is 4.79 Å². The second-order valence-corrected chi connectivity index (χ2v) is 6.18. The Bertz CT molecular complexity index is 831. The van der Waals surface area contributed by atoms with E-state index in [2.05, 4.69) is 10.6 Å². The van der Waals surface area contributed by atoms with E-state index >= 15 is 0 Å². The van der Waals surface area contributed by atoms with E-state index in [1.807, 2.05) is 62.4 Å². The minimum Gasteiger partial charge on any atom is -0.492 e. The van der Waals surface area contributed by atoms with E-state index in [1.165, 1.54) is 0 Å². The number of rotatable bonds is 7. The first kappa shape index (κ1) is 23.9. The Morgan fingerprint density at radius 2 is 1.72 bits per heavy atom. The molecule has 0 bridgehead atoms. The Morgan fingerprint density at radius 1 is 1.07 bits per heavy atom. The van der Waals surface area contributed by atoms with Crippen molar-refractivity contribution >= 4 is 35.1 Å². The molecule has 2 aromatic carbocycles. The summed E-state index contributed by atoms with van der Waals surface area (Å²) < 4.78 is 5.50. The summed E-state index contributed by atoms with van der Waals surface area (Å²) in [5.74, 6) is -3.10. The Morgan fingerprint density at radius 3 is 2.31 bits per heavy atom. The predicted molar refractivity (Wildman–Crippen MR) is 109 cm³/mol. The van der Waals surface area contributed by atoms with Gasteiger partial charge >= 0.3 is 11.9 Å². The largest absolute Gasteiger partial charge is 0.492 e. The summed E-state index contributed by atoms with van der Waals surface area (Å²) in [5, 5.41) is 21.5. The molecule has 0 saturated carbocycles. The topological polar surface area (TPSA) is 125 Å². The first-order valence-electron chi connectivity index (χ1n) is 8.71. The monoisotopic (exact) mass is 422 g/mol. The fourth-order valence-electron chi connectivity index (χ4n) is 2.19. The number of amides is 1. The summed E-state index contributed by atoms with van der Waals surface area (Å²) in [6.07, 6.45) is 0. The summed E-state index contributed by atoms with van der Waals surface area (Å²) in [5.41, 5.74) is 1.72. The van der Waals surface area contributed by atoms with Crippen molar-refractivity contribution in [1.82, 2.24) is 5.32 Å². The highest BCUT2D eigenvalue weighted by atomic mass is 35.5. The molecular weight excluding hydrogens is 400 g/mol. The van der Waals surface area contributed by atoms with Gasteiger partial charge in [0.05, 0.1) is 18.8 Å². The SMILES string of the molecule is CCOc1ccccc1NC(=O)CNC(C)c1cccc(Cl)c1.O=C(O)C(=O)O. The van der Waals surface area contributed by atoms with Crippen molar-refractivity contribution in [3.05, 3.63) is 59.1 Å². The van der Waals surface area contributed by atoms with E-state index in [0.29, 0.717) is 23.1 Å². The number of carbonyl (C=O) groups excluding carboxylic acids is 1. The van der Waals surface area contributed by atoms with Crippen LogP contribution in [0.25, 0.3) is 0 Å². The molecule has 0 aliphatic heterocycles. The maximum absolute atomic E-state index is 12.1. The molecular formula is C20H23ClN2O6. The average molecular weight is 423 g/mol. The number of ether oxygens (including phenoxy) is 1. The number of para-hydroxylation sites is 2. The minimum atomic E-state index is -1.82. The molecule has 0 aliphatic rings. The van der Waals surface area contributed by atoms with E-state index in [4.69, 9.17) is 36.1 Å². The Hall–Kier alpha value is -3.10. The number of carboxylic acid groups (broad SMARTS) is 2. The van der Waals surface area contributed by atoms with Crippen LogP contribution >= 0.6 is 11.6 Å². The average Bonchev–Trinajstić information content (AvgIpc) is 2.68. The van der Waals surface area contributed by atoms with Crippen molar-refractivity contribution in [3.63, 3.8) is 0 Å². The second-order valence-electron chi connectivity index (χ2n) is 5.75. The maximum atomic E-state index is 12.1. The van der Waals surface area contributed by atoms with Crippen molar-refractivity contribution < 1.29 is 29.3 Å². The first-order valence-corrected chi connectivity index (χ1v) is 9.09. The molecule has 0 fully saturated rings. The third kappa shape index (κ3) is 9.09. The number of hydrogen-bond donors (Lipinski definition) is 4. The van der Waals surface area contributed by atoms with E-state index < -0.39 is 11.9 Å². The van der Waals surface area contributed by atoms with Gasteiger partial charge in [-0.15, -0.1) is 0 Å². The van der Waals surface area contributed by atoms with E-state index in [0.717, 1.165) is 5.56 Å². The second kappa shape index (κ2) is 12.4. The summed E-state index contributed by atoms with van der Waals surface area (Å²) in [7, 11) is 0. The number of carboxylic acids is 2. The Labute approximate surface area is 173 Å². The number of anilines is 1. The number of halogens is 1. The maximum Gasteiger partial charge on any atom is 0.414 e. The van der Waals surface area contributed by atoms with Gasteiger partial charge in [-0.3, -0.25) is 4.79 Å². The Balaban J connectivity index is 0.000000612. The molecule has 2 aromatic rings. The van der Waals surface area contributed by atoms with Gasteiger partial charge in [-0.2, -0.15) is 0 Å². The lowest BCUT2D eigenvalue weighted by molar-refractivity contribution is -0.159. The van der Waals surface area contributed by atoms with Crippen LogP contribution in [-0.4, -0.2) is 41.2 Å². The standard InChI is InChI=1S/C18H21ClN2O2.C2H2O4/c1-3-23-17-10-5-4-9-16(17)21-18(22)12-20-13(2)14-7-6-8-15(19)11-14;3-1(4)2(5)6/h4-11,13,20H,3,12H2,1-2H3,(H,21,22);(H,3,4)(H,5,6). The molecule has 1 amide bonds. The molecule has 2 rings (SSSR count). The highest BCUT2D eigenvalue weighted by Crippen LogP contribution is 2.23. The van der Waals surface area contributed by atoms with Crippen LogP contribution in [-0.2, 0) is 14.4 Å². The lowest BCUT2D eigenvalue weighted by Crippen LogP contribution is -2.30. The van der Waals surface area contributed by atoms with Gasteiger partial charge in [-0.25, -0.2) is 9.59 Å². The number of nitrogens with one attached hydrogen (secondary N) is 2. The van der Waals surface area contributed by atoms with Crippen LogP contribution in [0.15, 0.2) is 48.5 Å². The molecule has 0 saturated heterocycles. The van der Waals surface area contributed by atoms with Gasteiger partial charge in [0.2, 0.25) is 5.91 Å². The van der Waals surface area contributed by atoms with Crippen molar-refractivity contribution in [2.45, 2.75) is 19.9 Å². The van der Waals surface area contributed by atoms with Crippen molar-refractivity contribution in [2.75, 3.05) is 18.5 Å². The van der Waals surface area contributed by atoms with Gasteiger partial charge < -0.3 is 25.6 Å². The highest BCUT2D eigenvalue weighted by molar-refractivity contribution is 6.30. The smallest absolute Gasteiger partial charge is 0.414 e. The third-order valence-corrected chi connectivity index (χ3v) is 3.80. The van der Waals surface area contributed by atoms with Crippen molar-refractivity contribution in [1.29, 1.82) is 0 Å². The fourth-order valence-corrected chi connectivity index (χ4v) is 2.38. The lowest BCUT2D eigenvalue weighted by Gasteiger charge is -2.15. The Kier molecular flexibility index (Phi) is 10.2. The predicted octanol–water partition coefficient (Wildman–Crippen LogP) is 3.18. The normalized spacial score (nSPS) is 10.9. The molecule has 0 spiro atoms. The molecule has 8 nitrogen and oxygen atoms in total. The lowest BCUT2D eigenvalue weighted by atomic mass is 10.1. The zero-order valence-corrected chi connectivity index (χ0v) is 16.8. The van der Waals surface area contributed by atoms with E-state index in [-0.39, 0.29) is 18.5 Å². The number of hydrogen-bond acceptors (Lipinski definition) is 5. The molecule has 4 N–H and O–H groups in total. The van der Waals surface area contributed by atoms with Crippen molar-refractivity contribution in [3.8, 4) is 5.75 Å². The fraction of sp³-hybridized carbons (Fsp3) is 0.250. The van der Waals surface area contributed by atoms with E-state index in [1.54, 1.807) is 0 Å². The molecule has 1 unspecified atom stereocenters. The van der Waals surface area contributed by atoms with Gasteiger partial charge in [-0.05, 0) is 43.7 Å². The zero-order chi connectivity index (χ0) is 21.8. The van der Waals surface area contributed by atoms with Crippen LogP contribution in [0.1, 0.15) is 25.5 Å². The van der Waals surface area contributed by atoms with Crippen LogP contribution in [0, 0.1) is 0 Å². The number of carbonyl (C=O) groups is 3. The molecule has 0 aromatic heterocycles. The summed E-state index contributed by atoms with van der Waals surface area (Å²) in [4.78, 5) is 30.3. The quantitative estimate of drug-likeness (QED) is 0.505. The molecule has 156 valence electrons. The minimum absolute atomic E-state index is 0.0292. The van der Waals surface area contributed by atoms with Gasteiger partial charge in [0.25, 0.3) is 0 Å². The van der Waals surface area contributed by atoms with Crippen molar-refractivity contribution in [2.24, 2.45) is 0 Å². The molecule has 0 radical (unpaired) electrons. The zero-order valence-electron chi connectivity index (χ0n) is 16.0. The van der Waals surface area contributed by atoms with Gasteiger partial charge in [0.15, 0.2) is 0 Å². The molecule has 0 aliphatic carbocycles. The molecule has 1 atom stereocenters. The summed E-state index contributed by atoms with van der Waals surface area (Å²) >= 11 is 5.99. The third-order valence-electron chi connectivity index (χ3n) is 3.56. The van der Waals surface area contributed by atoms with Gasteiger partial charge in [0, 0.05) is 11.1 Å². The van der Waals surface area contributed by atoms with Gasteiger partial charge in [-0.1, -0.05) is 35.9 Å². The number of aliphatic carboxylic acids is 2. The van der Waals surface area contributed by atoms with Crippen LogP contribution in [0.3, 0.4) is 0 Å². The summed E-state index contributed by atoms with van der Waals surface area (Å²) in [6.45, 7) is 4.66. The molecule has 9 heteroatoms. The highest BCUT2D eigenvalue weighted by Gasteiger charge is 2.10. The first-order chi connectivity index (χ1) is 13.7. The van der Waals surface area contributed by atoms with Crippen LogP contribution in [0.4, 0.5) is 5.69 Å². The summed E-state index contributed by atoms with van der Waals surface area (Å²) in [6, 6.07) is 15.0. The molecule has 29 heavy (non-hydrogen) atoms. The van der Waals surface area contributed by atoms with Gasteiger partial charge in [0.1, 0.15) is 5.75 Å². The number of benzene rings is 2. The van der Waals surface area contributed by atoms with Crippen LogP contribution in [0.2, 0.25) is 5.02 Å². The van der Waals surface area contributed by atoms with Crippen LogP contribution in [0.5, 0.6) is 5.75 Å². The van der Waals surface area contributed by atoms with Crippen LogP contribution < -0.4 is 15.4 Å². The molecule has 0 heterocycles.